The van der Waals surface area contributed by atoms with Gasteiger partial charge in [-0.15, -0.1) is 0 Å². The molecular formula is C21H18ClF6NO3S. The van der Waals surface area contributed by atoms with Crippen molar-refractivity contribution in [2.75, 3.05) is 6.54 Å². The number of fused-ring (bicyclic) bond motifs is 3. The predicted octanol–water partition coefficient (Wildman–Crippen LogP) is 4.63. The van der Waals surface area contributed by atoms with Gasteiger partial charge in [0.05, 0.1) is 4.90 Å². The zero-order chi connectivity index (χ0) is 24.4. The van der Waals surface area contributed by atoms with Gasteiger partial charge in [-0.2, -0.15) is 26.3 Å². The lowest BCUT2D eigenvalue weighted by atomic mass is 9.77. The molecule has 1 aliphatic heterocycles. The molecule has 0 aromatic heterocycles. The van der Waals surface area contributed by atoms with Crippen molar-refractivity contribution in [3.63, 3.8) is 0 Å². The van der Waals surface area contributed by atoms with Crippen LogP contribution in [0.25, 0.3) is 0 Å². The summed E-state index contributed by atoms with van der Waals surface area (Å²) >= 11 is 5.86. The minimum absolute atomic E-state index is 0.0249. The lowest BCUT2D eigenvalue weighted by molar-refractivity contribution is -0.376. The van der Waals surface area contributed by atoms with E-state index in [4.69, 9.17) is 11.6 Å². The summed E-state index contributed by atoms with van der Waals surface area (Å²) in [4.78, 5) is -0.0559. The van der Waals surface area contributed by atoms with Gasteiger partial charge in [-0.05, 0) is 61.2 Å². The Bertz CT molecular complexity index is 1170. The molecule has 2 unspecified atom stereocenters. The molecule has 0 saturated carbocycles. The van der Waals surface area contributed by atoms with Crippen molar-refractivity contribution in [1.29, 1.82) is 0 Å². The third kappa shape index (κ3) is 3.38. The lowest BCUT2D eigenvalue weighted by Gasteiger charge is -2.41. The highest BCUT2D eigenvalue weighted by Gasteiger charge is 2.71. The van der Waals surface area contributed by atoms with Gasteiger partial charge in [-0.3, -0.25) is 0 Å². The van der Waals surface area contributed by atoms with E-state index < -0.39 is 44.1 Å². The first-order valence-corrected chi connectivity index (χ1v) is 11.8. The third-order valence-electron chi connectivity index (χ3n) is 6.56. The Morgan fingerprint density at radius 1 is 1.00 bits per heavy atom. The average Bonchev–Trinajstić information content (AvgIpc) is 3.17. The quantitative estimate of drug-likeness (QED) is 0.587. The van der Waals surface area contributed by atoms with Crippen molar-refractivity contribution < 1.29 is 39.9 Å². The first-order valence-electron chi connectivity index (χ1n) is 9.89. The molecule has 2 aromatic rings. The van der Waals surface area contributed by atoms with Gasteiger partial charge < -0.3 is 10.4 Å². The molecule has 1 aliphatic carbocycles. The van der Waals surface area contributed by atoms with Crippen LogP contribution in [0.3, 0.4) is 0 Å². The molecule has 0 radical (unpaired) electrons. The van der Waals surface area contributed by atoms with Crippen molar-refractivity contribution >= 4 is 21.4 Å². The predicted molar refractivity (Wildman–Crippen MR) is 107 cm³/mol. The van der Waals surface area contributed by atoms with Crippen molar-refractivity contribution in [3.05, 3.63) is 64.2 Å². The number of aliphatic hydroxyl groups is 1. The van der Waals surface area contributed by atoms with E-state index in [0.29, 0.717) is 23.7 Å². The van der Waals surface area contributed by atoms with E-state index >= 15 is 0 Å². The number of aryl methyl sites for hydroxylation is 1. The van der Waals surface area contributed by atoms with E-state index in [9.17, 15) is 39.9 Å². The Hall–Kier alpha value is -1.82. The van der Waals surface area contributed by atoms with E-state index in [-0.39, 0.29) is 35.3 Å². The van der Waals surface area contributed by atoms with E-state index in [1.807, 2.05) is 0 Å². The number of nitrogens with one attached hydrogen (secondary N) is 1. The molecule has 180 valence electrons. The molecule has 2 aliphatic rings. The number of rotatable bonds is 3. The third-order valence-corrected chi connectivity index (χ3v) is 9.37. The average molecular weight is 514 g/mol. The maximum atomic E-state index is 13.8. The van der Waals surface area contributed by atoms with Gasteiger partial charge in [0.2, 0.25) is 0 Å². The lowest BCUT2D eigenvalue weighted by Crippen LogP contribution is -2.54. The summed E-state index contributed by atoms with van der Waals surface area (Å²) in [6.07, 6.45) is -11.8. The van der Waals surface area contributed by atoms with E-state index in [1.54, 1.807) is 0 Å². The maximum absolute atomic E-state index is 13.8. The minimum atomic E-state index is -6.03. The van der Waals surface area contributed by atoms with Gasteiger partial charge in [0, 0.05) is 16.6 Å². The molecule has 0 spiro atoms. The van der Waals surface area contributed by atoms with Gasteiger partial charge >= 0.3 is 12.4 Å². The Kier molecular flexibility index (Phi) is 5.59. The molecule has 1 heterocycles. The van der Waals surface area contributed by atoms with Crippen LogP contribution < -0.4 is 5.32 Å². The summed E-state index contributed by atoms with van der Waals surface area (Å²) in [5, 5.41) is 13.2. The van der Waals surface area contributed by atoms with Crippen molar-refractivity contribution in [3.8, 4) is 0 Å². The summed E-state index contributed by atoms with van der Waals surface area (Å²) in [7, 11) is -4.12. The molecule has 2 atom stereocenters. The van der Waals surface area contributed by atoms with E-state index in [2.05, 4.69) is 5.32 Å². The molecule has 2 N–H and O–H groups in total. The van der Waals surface area contributed by atoms with Gasteiger partial charge in [0.1, 0.15) is 4.75 Å². The highest BCUT2D eigenvalue weighted by molar-refractivity contribution is 7.92. The molecule has 12 heteroatoms. The molecule has 4 rings (SSSR count). The second-order valence-electron chi connectivity index (χ2n) is 8.22. The normalized spacial score (nSPS) is 23.8. The molecular weight excluding hydrogens is 496 g/mol. The van der Waals surface area contributed by atoms with Gasteiger partial charge in [0.15, 0.2) is 9.84 Å². The van der Waals surface area contributed by atoms with Gasteiger partial charge in [-0.1, -0.05) is 29.8 Å². The monoisotopic (exact) mass is 513 g/mol. The fraction of sp³-hybridized carbons (Fsp3) is 0.429. The van der Waals surface area contributed by atoms with Crippen LogP contribution in [-0.2, 0) is 26.6 Å². The second kappa shape index (κ2) is 7.59. The fourth-order valence-electron chi connectivity index (χ4n) is 4.95. The Morgan fingerprint density at radius 3 is 2.18 bits per heavy atom. The Morgan fingerprint density at radius 2 is 1.61 bits per heavy atom. The van der Waals surface area contributed by atoms with Crippen LogP contribution in [0.5, 0.6) is 0 Å². The number of alkyl halides is 6. The number of sulfone groups is 1. The van der Waals surface area contributed by atoms with Crippen LogP contribution in [-0.4, -0.2) is 38.5 Å². The van der Waals surface area contributed by atoms with E-state index in [0.717, 1.165) is 6.07 Å². The summed E-state index contributed by atoms with van der Waals surface area (Å²) in [6.45, 7) is 0.299. The summed E-state index contributed by atoms with van der Waals surface area (Å²) in [5.41, 5.74) is -6.32. The SMILES string of the molecule is O=S(=O)(c1ccc(Cl)cc1)C12CCNC1CCc1cc(C(O)(C(F)(F)F)C(F)(F)F)ccc12. The molecule has 33 heavy (non-hydrogen) atoms. The summed E-state index contributed by atoms with van der Waals surface area (Å²) in [6, 6.07) is 6.95. The molecule has 4 nitrogen and oxygen atoms in total. The van der Waals surface area contributed by atoms with Crippen LogP contribution in [0.1, 0.15) is 29.5 Å². The largest absolute Gasteiger partial charge is 0.430 e. The van der Waals surface area contributed by atoms with E-state index in [1.165, 1.54) is 24.3 Å². The van der Waals surface area contributed by atoms with Crippen molar-refractivity contribution in [2.45, 2.75) is 52.9 Å². The highest BCUT2D eigenvalue weighted by Crippen LogP contribution is 2.53. The van der Waals surface area contributed by atoms with Crippen LogP contribution in [0.4, 0.5) is 26.3 Å². The zero-order valence-electron chi connectivity index (χ0n) is 16.8. The minimum Gasteiger partial charge on any atom is -0.369 e. The molecule has 1 fully saturated rings. The van der Waals surface area contributed by atoms with Crippen LogP contribution in [0.2, 0.25) is 5.02 Å². The van der Waals surface area contributed by atoms with Crippen molar-refractivity contribution in [2.24, 2.45) is 0 Å². The Labute approximate surface area is 190 Å². The first-order chi connectivity index (χ1) is 15.2. The first kappa shape index (κ1) is 24.3. The summed E-state index contributed by atoms with van der Waals surface area (Å²) < 4.78 is 106. The number of halogens is 7. The molecule has 0 amide bonds. The Balaban J connectivity index is 1.92. The standard InChI is InChI=1S/C21H18ClF6NO3S/c22-14-3-5-15(6-4-14)33(31,32)18-9-10-29-17(18)8-1-12-11-13(2-7-16(12)18)19(30,20(23,24)25)21(26,27)28/h2-7,11,17,29-30H,1,8-10H2. The number of benzene rings is 2. The molecule has 2 aromatic carbocycles. The topological polar surface area (TPSA) is 66.4 Å². The van der Waals surface area contributed by atoms with Crippen LogP contribution in [0, 0.1) is 0 Å². The second-order valence-corrected chi connectivity index (χ2v) is 10.9. The fourth-order valence-corrected chi connectivity index (χ4v) is 7.42. The number of hydrogen-bond acceptors (Lipinski definition) is 4. The smallest absolute Gasteiger partial charge is 0.369 e. The van der Waals surface area contributed by atoms with Crippen LogP contribution in [0.15, 0.2) is 47.4 Å². The highest BCUT2D eigenvalue weighted by atomic mass is 35.5. The maximum Gasteiger partial charge on any atom is 0.430 e. The molecule has 1 saturated heterocycles. The molecule has 0 bridgehead atoms. The van der Waals surface area contributed by atoms with Gasteiger partial charge in [0.25, 0.3) is 5.60 Å². The number of hydrogen-bond donors (Lipinski definition) is 2. The zero-order valence-corrected chi connectivity index (χ0v) is 18.3. The van der Waals surface area contributed by atoms with Gasteiger partial charge in [-0.25, -0.2) is 8.42 Å². The summed E-state index contributed by atoms with van der Waals surface area (Å²) in [5.74, 6) is 0. The van der Waals surface area contributed by atoms with Crippen LogP contribution >= 0.6 is 11.6 Å². The van der Waals surface area contributed by atoms with Crippen molar-refractivity contribution in [1.82, 2.24) is 5.32 Å².